The maximum Gasteiger partial charge on any atom is 0.332 e. The molecule has 3 aromatic rings. The number of benzene rings is 1. The number of carbonyl (C=O) groups excluding carboxylic acids is 2. The van der Waals surface area contributed by atoms with Crippen molar-refractivity contribution in [3.8, 4) is 22.2 Å². The third kappa shape index (κ3) is 4.98. The van der Waals surface area contributed by atoms with Gasteiger partial charge in [-0.1, -0.05) is 19.9 Å². The van der Waals surface area contributed by atoms with Gasteiger partial charge in [0.15, 0.2) is 0 Å². The predicted octanol–water partition coefficient (Wildman–Crippen LogP) is 4.14. The van der Waals surface area contributed by atoms with E-state index in [1.54, 1.807) is 24.5 Å². The summed E-state index contributed by atoms with van der Waals surface area (Å²) in [5.41, 5.74) is 2.43. The van der Waals surface area contributed by atoms with Crippen LogP contribution in [-0.2, 0) is 14.3 Å². The number of esters is 1. The zero-order valence-electron chi connectivity index (χ0n) is 22.9. The number of carbonyl (C=O) groups is 2. The monoisotopic (exact) mass is 550 g/mol. The maximum atomic E-state index is 13.1. The summed E-state index contributed by atoms with van der Waals surface area (Å²) in [5.74, 6) is 0.908. The standard InChI is InChI=1S/C29H34N4O5S/c1-7-17-12-29(17,28(35)37-6)33-26(34)20-10-18(13-30-20)38-24-11-21(27-32-22(14-39-27)15(2)3)31-25-16(4)23(36-5)9-8-19(24)25/h7-9,11,14-15,17-18,20,30H,1,10,12-13H2,2-6H3,(H,33,34). The van der Waals surface area contributed by atoms with Crippen LogP contribution in [0.25, 0.3) is 21.6 Å². The van der Waals surface area contributed by atoms with Crippen molar-refractivity contribution in [2.24, 2.45) is 5.92 Å². The quantitative estimate of drug-likeness (QED) is 0.302. The number of hydrogen-bond acceptors (Lipinski definition) is 9. The van der Waals surface area contributed by atoms with E-state index in [1.165, 1.54) is 7.11 Å². The van der Waals surface area contributed by atoms with Crippen molar-refractivity contribution in [3.05, 3.63) is 47.5 Å². The number of nitrogens with zero attached hydrogens (tertiary/aromatic N) is 2. The number of aromatic nitrogens is 2. The molecule has 1 saturated carbocycles. The van der Waals surface area contributed by atoms with E-state index >= 15 is 0 Å². The maximum absolute atomic E-state index is 13.1. The minimum atomic E-state index is -1.02. The first kappa shape index (κ1) is 27.1. The molecule has 9 nitrogen and oxygen atoms in total. The van der Waals surface area contributed by atoms with Crippen molar-refractivity contribution >= 4 is 34.1 Å². The molecule has 3 heterocycles. The first-order valence-electron chi connectivity index (χ1n) is 13.1. The number of amides is 1. The Bertz CT molecular complexity index is 1440. The van der Waals surface area contributed by atoms with Crippen LogP contribution in [0.5, 0.6) is 11.5 Å². The molecular weight excluding hydrogens is 516 g/mol. The Hall–Kier alpha value is -3.50. The lowest BCUT2D eigenvalue weighted by molar-refractivity contribution is -0.147. The fraction of sp³-hybridized carbons (Fsp3) is 0.448. The molecule has 10 heteroatoms. The van der Waals surface area contributed by atoms with E-state index in [4.69, 9.17) is 24.2 Å². The third-order valence-electron chi connectivity index (χ3n) is 7.60. The number of fused-ring (bicyclic) bond motifs is 1. The van der Waals surface area contributed by atoms with Gasteiger partial charge in [-0.05, 0) is 31.4 Å². The van der Waals surface area contributed by atoms with Gasteiger partial charge in [-0.2, -0.15) is 0 Å². The minimum absolute atomic E-state index is 0.133. The SMILES string of the molecule is C=CC1CC1(NC(=O)C1CC(Oc2cc(-c3nc(C(C)C)cs3)nc3c(C)c(OC)ccc23)CN1)C(=O)OC. The highest BCUT2D eigenvalue weighted by atomic mass is 32.1. The summed E-state index contributed by atoms with van der Waals surface area (Å²) in [6.45, 7) is 10.5. The zero-order valence-corrected chi connectivity index (χ0v) is 23.7. The Kier molecular flexibility index (Phi) is 7.35. The fourth-order valence-corrected chi connectivity index (χ4v) is 6.08. The van der Waals surface area contributed by atoms with Crippen LogP contribution in [0.15, 0.2) is 36.2 Å². The van der Waals surface area contributed by atoms with Crippen molar-refractivity contribution < 1.29 is 23.8 Å². The van der Waals surface area contributed by atoms with Crippen molar-refractivity contribution in [2.45, 2.75) is 57.2 Å². The van der Waals surface area contributed by atoms with Gasteiger partial charge >= 0.3 is 5.97 Å². The second kappa shape index (κ2) is 10.6. The zero-order chi connectivity index (χ0) is 27.9. The van der Waals surface area contributed by atoms with Gasteiger partial charge in [0.2, 0.25) is 5.91 Å². The number of pyridine rings is 1. The predicted molar refractivity (Wildman–Crippen MR) is 150 cm³/mol. The lowest BCUT2D eigenvalue weighted by Gasteiger charge is -2.19. The number of hydrogen-bond donors (Lipinski definition) is 2. The van der Waals surface area contributed by atoms with Gasteiger partial charge in [0.1, 0.15) is 33.8 Å². The molecule has 0 bridgehead atoms. The molecule has 0 spiro atoms. The lowest BCUT2D eigenvalue weighted by Crippen LogP contribution is -2.51. The Balaban J connectivity index is 1.39. The van der Waals surface area contributed by atoms with Gasteiger partial charge < -0.3 is 24.8 Å². The highest BCUT2D eigenvalue weighted by Crippen LogP contribution is 2.45. The molecule has 2 aliphatic rings. The molecule has 0 radical (unpaired) electrons. The number of ether oxygens (including phenoxy) is 3. The Morgan fingerprint density at radius 1 is 1.26 bits per heavy atom. The normalized spacial score (nSPS) is 24.0. The number of thiazole rings is 1. The van der Waals surface area contributed by atoms with Crippen LogP contribution in [0, 0.1) is 12.8 Å². The Labute approximate surface area is 232 Å². The van der Waals surface area contributed by atoms with Crippen LogP contribution in [0.3, 0.4) is 0 Å². The summed E-state index contributed by atoms with van der Waals surface area (Å²) in [6.07, 6.45) is 2.37. The van der Waals surface area contributed by atoms with Gasteiger partial charge in [0.05, 0.1) is 31.5 Å². The first-order chi connectivity index (χ1) is 18.7. The molecule has 1 aliphatic carbocycles. The van der Waals surface area contributed by atoms with Gasteiger partial charge in [-0.3, -0.25) is 4.79 Å². The topological polar surface area (TPSA) is 112 Å². The summed E-state index contributed by atoms with van der Waals surface area (Å²) < 4.78 is 17.0. The van der Waals surface area contributed by atoms with Crippen molar-refractivity contribution in [1.82, 2.24) is 20.6 Å². The molecule has 4 atom stereocenters. The third-order valence-corrected chi connectivity index (χ3v) is 8.48. The van der Waals surface area contributed by atoms with Crippen LogP contribution in [0.2, 0.25) is 0 Å². The Morgan fingerprint density at radius 2 is 2.05 bits per heavy atom. The average Bonchev–Trinajstić information content (AvgIpc) is 3.26. The van der Waals surface area contributed by atoms with E-state index in [1.807, 2.05) is 25.1 Å². The molecule has 2 N–H and O–H groups in total. The average molecular weight is 551 g/mol. The summed E-state index contributed by atoms with van der Waals surface area (Å²) >= 11 is 1.56. The molecule has 1 saturated heterocycles. The molecule has 2 aromatic heterocycles. The van der Waals surface area contributed by atoms with Crippen LogP contribution < -0.4 is 20.1 Å². The van der Waals surface area contributed by atoms with Crippen LogP contribution in [0.4, 0.5) is 0 Å². The smallest absolute Gasteiger partial charge is 0.332 e. The van der Waals surface area contributed by atoms with E-state index in [0.717, 1.165) is 38.6 Å². The van der Waals surface area contributed by atoms with Crippen LogP contribution in [0.1, 0.15) is 43.9 Å². The highest BCUT2D eigenvalue weighted by molar-refractivity contribution is 7.13. The van der Waals surface area contributed by atoms with Gasteiger partial charge in [0.25, 0.3) is 0 Å². The minimum Gasteiger partial charge on any atom is -0.496 e. The number of nitrogens with one attached hydrogen (secondary N) is 2. The Morgan fingerprint density at radius 3 is 2.69 bits per heavy atom. The highest BCUT2D eigenvalue weighted by Gasteiger charge is 2.61. The molecular formula is C29H34N4O5S. The van der Waals surface area contributed by atoms with Gasteiger partial charge in [-0.25, -0.2) is 14.8 Å². The molecule has 39 heavy (non-hydrogen) atoms. The van der Waals surface area contributed by atoms with Crippen molar-refractivity contribution in [3.63, 3.8) is 0 Å². The largest absolute Gasteiger partial charge is 0.496 e. The van der Waals surface area contributed by atoms with E-state index in [9.17, 15) is 9.59 Å². The summed E-state index contributed by atoms with van der Waals surface area (Å²) in [7, 11) is 2.97. The molecule has 1 aliphatic heterocycles. The van der Waals surface area contributed by atoms with E-state index in [-0.39, 0.29) is 17.9 Å². The molecule has 206 valence electrons. The van der Waals surface area contributed by atoms with E-state index in [0.29, 0.717) is 31.1 Å². The second-order valence-electron chi connectivity index (χ2n) is 10.5. The van der Waals surface area contributed by atoms with Crippen LogP contribution >= 0.6 is 11.3 Å². The summed E-state index contributed by atoms with van der Waals surface area (Å²) in [4.78, 5) is 35.2. The molecule has 4 unspecified atom stereocenters. The van der Waals surface area contributed by atoms with Crippen molar-refractivity contribution in [2.75, 3.05) is 20.8 Å². The summed E-state index contributed by atoms with van der Waals surface area (Å²) in [6, 6.07) is 5.29. The fourth-order valence-electron chi connectivity index (χ4n) is 5.14. The van der Waals surface area contributed by atoms with E-state index in [2.05, 4.69) is 36.4 Å². The molecule has 1 aromatic carbocycles. The summed E-state index contributed by atoms with van der Waals surface area (Å²) in [5, 5.41) is 9.90. The molecule has 2 fully saturated rings. The number of methoxy groups -OCH3 is 2. The molecule has 5 rings (SSSR count). The first-order valence-corrected chi connectivity index (χ1v) is 14.0. The van der Waals surface area contributed by atoms with E-state index < -0.39 is 17.6 Å². The van der Waals surface area contributed by atoms with Gasteiger partial charge in [-0.15, -0.1) is 17.9 Å². The van der Waals surface area contributed by atoms with Gasteiger partial charge in [0, 0.05) is 41.3 Å². The number of aryl methyl sites for hydroxylation is 1. The molecule has 1 amide bonds. The second-order valence-corrected chi connectivity index (χ2v) is 11.3. The van der Waals surface area contributed by atoms with Crippen LogP contribution in [-0.4, -0.2) is 60.3 Å². The van der Waals surface area contributed by atoms with Crippen molar-refractivity contribution in [1.29, 1.82) is 0 Å². The lowest BCUT2D eigenvalue weighted by atomic mass is 10.1. The number of rotatable bonds is 9.